The van der Waals surface area contributed by atoms with Crippen LogP contribution in [-0.4, -0.2) is 45.4 Å². The van der Waals surface area contributed by atoms with Crippen molar-refractivity contribution in [3.63, 3.8) is 0 Å². The molecular formula is C21H22N4O2. The van der Waals surface area contributed by atoms with Crippen LogP contribution in [0.5, 0.6) is 0 Å². The van der Waals surface area contributed by atoms with Crippen LogP contribution in [0.3, 0.4) is 0 Å². The molecule has 2 aromatic carbocycles. The van der Waals surface area contributed by atoms with Gasteiger partial charge in [0.25, 0.3) is 5.91 Å². The van der Waals surface area contributed by atoms with Gasteiger partial charge in [-0.15, -0.1) is 0 Å². The van der Waals surface area contributed by atoms with Crippen LogP contribution in [0, 0.1) is 0 Å². The van der Waals surface area contributed by atoms with Gasteiger partial charge in [0.2, 0.25) is 5.91 Å². The number of nitrogens with zero attached hydrogens (tertiary/aromatic N) is 3. The molecule has 2 amide bonds. The number of imidazole rings is 1. The third kappa shape index (κ3) is 3.56. The Bertz CT molecular complexity index is 969. The van der Waals surface area contributed by atoms with Gasteiger partial charge in [-0.1, -0.05) is 12.1 Å². The first-order chi connectivity index (χ1) is 13.1. The molecular weight excluding hydrogens is 340 g/mol. The Hall–Kier alpha value is -3.15. The van der Waals surface area contributed by atoms with Crippen molar-refractivity contribution in [1.82, 2.24) is 19.8 Å². The Balaban J connectivity index is 1.43. The second kappa shape index (κ2) is 7.23. The molecule has 27 heavy (non-hydrogen) atoms. The van der Waals surface area contributed by atoms with Gasteiger partial charge >= 0.3 is 0 Å². The van der Waals surface area contributed by atoms with E-state index >= 15 is 0 Å². The molecule has 2 heterocycles. The highest BCUT2D eigenvalue weighted by Crippen LogP contribution is 2.18. The van der Waals surface area contributed by atoms with Crippen molar-refractivity contribution in [2.75, 3.05) is 13.1 Å². The zero-order valence-electron chi connectivity index (χ0n) is 15.3. The molecule has 0 spiro atoms. The highest BCUT2D eigenvalue weighted by atomic mass is 16.2. The maximum atomic E-state index is 12.5. The molecule has 1 saturated heterocycles. The molecule has 0 saturated carbocycles. The first kappa shape index (κ1) is 17.3. The first-order valence-electron chi connectivity index (χ1n) is 9.21. The van der Waals surface area contributed by atoms with E-state index in [2.05, 4.69) is 10.3 Å². The Labute approximate surface area is 157 Å². The normalized spacial score (nSPS) is 15.1. The first-order valence-corrected chi connectivity index (χ1v) is 9.21. The molecule has 0 radical (unpaired) electrons. The summed E-state index contributed by atoms with van der Waals surface area (Å²) in [6, 6.07) is 15.6. The third-order valence-corrected chi connectivity index (χ3v) is 5.14. The standard InChI is InChI=1S/C21H22N4O2/c1-15(26)24-12-10-17(11-13-24)23-21(27)16-6-8-18(9-7-16)25-14-22-19-4-2-3-5-20(19)25/h2-9,14,17H,10-13H2,1H3,(H,23,27). The summed E-state index contributed by atoms with van der Waals surface area (Å²) in [7, 11) is 0. The number of hydrogen-bond donors (Lipinski definition) is 1. The largest absolute Gasteiger partial charge is 0.349 e. The molecule has 1 fully saturated rings. The minimum Gasteiger partial charge on any atom is -0.349 e. The smallest absolute Gasteiger partial charge is 0.251 e. The third-order valence-electron chi connectivity index (χ3n) is 5.14. The highest BCUT2D eigenvalue weighted by molar-refractivity contribution is 5.94. The fourth-order valence-electron chi connectivity index (χ4n) is 3.55. The molecule has 1 aromatic heterocycles. The van der Waals surface area contributed by atoms with Gasteiger partial charge in [0.05, 0.1) is 11.0 Å². The molecule has 0 aliphatic carbocycles. The van der Waals surface area contributed by atoms with E-state index in [1.54, 1.807) is 13.3 Å². The predicted octanol–water partition coefficient (Wildman–Crippen LogP) is 2.77. The number of benzene rings is 2. The van der Waals surface area contributed by atoms with E-state index in [1.165, 1.54) is 0 Å². The predicted molar refractivity (Wildman–Crippen MR) is 104 cm³/mol. The van der Waals surface area contributed by atoms with Gasteiger partial charge in [0.1, 0.15) is 6.33 Å². The van der Waals surface area contributed by atoms with Crippen LogP contribution in [0.1, 0.15) is 30.1 Å². The molecule has 6 heteroatoms. The second-order valence-corrected chi connectivity index (χ2v) is 6.90. The number of piperidine rings is 1. The van der Waals surface area contributed by atoms with E-state index in [4.69, 9.17) is 0 Å². The molecule has 1 N–H and O–H groups in total. The van der Waals surface area contributed by atoms with Crippen LogP contribution in [0.2, 0.25) is 0 Å². The number of nitrogens with one attached hydrogen (secondary N) is 1. The average Bonchev–Trinajstić information content (AvgIpc) is 3.12. The minimum absolute atomic E-state index is 0.0710. The van der Waals surface area contributed by atoms with Gasteiger partial charge in [0.15, 0.2) is 0 Å². The lowest BCUT2D eigenvalue weighted by atomic mass is 10.0. The Kier molecular flexibility index (Phi) is 4.62. The van der Waals surface area contributed by atoms with E-state index in [0.29, 0.717) is 18.7 Å². The summed E-state index contributed by atoms with van der Waals surface area (Å²) in [5.74, 6) is 0.0284. The lowest BCUT2D eigenvalue weighted by molar-refractivity contribution is -0.129. The lowest BCUT2D eigenvalue weighted by Crippen LogP contribution is -2.45. The Morgan fingerprint density at radius 3 is 2.44 bits per heavy atom. The van der Waals surface area contributed by atoms with Gasteiger partial charge in [0, 0.05) is 37.3 Å². The van der Waals surface area contributed by atoms with Crippen molar-refractivity contribution >= 4 is 22.8 Å². The van der Waals surface area contributed by atoms with E-state index in [1.807, 2.05) is 58.0 Å². The fraction of sp³-hybridized carbons (Fsp3) is 0.286. The number of amides is 2. The summed E-state index contributed by atoms with van der Waals surface area (Å²) < 4.78 is 2.01. The summed E-state index contributed by atoms with van der Waals surface area (Å²) >= 11 is 0. The molecule has 0 bridgehead atoms. The molecule has 1 aliphatic rings. The van der Waals surface area contributed by atoms with Gasteiger partial charge in [-0.2, -0.15) is 0 Å². The second-order valence-electron chi connectivity index (χ2n) is 6.90. The topological polar surface area (TPSA) is 67.2 Å². The summed E-state index contributed by atoms with van der Waals surface area (Å²) in [6.45, 7) is 2.99. The molecule has 0 atom stereocenters. The number of rotatable bonds is 3. The minimum atomic E-state index is -0.0710. The maximum absolute atomic E-state index is 12.5. The summed E-state index contributed by atoms with van der Waals surface area (Å²) in [5.41, 5.74) is 3.58. The molecule has 3 aromatic rings. The van der Waals surface area contributed by atoms with Crippen LogP contribution in [0.25, 0.3) is 16.7 Å². The Morgan fingerprint density at radius 2 is 1.74 bits per heavy atom. The lowest BCUT2D eigenvalue weighted by Gasteiger charge is -2.31. The molecule has 6 nitrogen and oxygen atoms in total. The molecule has 4 rings (SSSR count). The molecule has 0 unspecified atom stereocenters. The zero-order valence-corrected chi connectivity index (χ0v) is 15.3. The summed E-state index contributed by atoms with van der Waals surface area (Å²) in [5, 5.41) is 3.08. The Morgan fingerprint density at radius 1 is 1.04 bits per heavy atom. The van der Waals surface area contributed by atoms with Gasteiger partial charge in [-0.05, 0) is 49.2 Å². The van der Waals surface area contributed by atoms with Crippen LogP contribution in [0.15, 0.2) is 54.9 Å². The SMILES string of the molecule is CC(=O)N1CCC(NC(=O)c2ccc(-n3cnc4ccccc43)cc2)CC1. The average molecular weight is 362 g/mol. The monoisotopic (exact) mass is 362 g/mol. The zero-order chi connectivity index (χ0) is 18.8. The summed E-state index contributed by atoms with van der Waals surface area (Å²) in [4.78, 5) is 30.2. The van der Waals surface area contributed by atoms with E-state index in [-0.39, 0.29) is 17.9 Å². The number of carbonyl (C=O) groups excluding carboxylic acids is 2. The number of para-hydroxylation sites is 2. The van der Waals surface area contributed by atoms with Crippen molar-refractivity contribution in [2.45, 2.75) is 25.8 Å². The fourth-order valence-corrected chi connectivity index (χ4v) is 3.55. The summed E-state index contributed by atoms with van der Waals surface area (Å²) in [6.07, 6.45) is 3.39. The van der Waals surface area contributed by atoms with Crippen molar-refractivity contribution in [3.8, 4) is 5.69 Å². The quantitative estimate of drug-likeness (QED) is 0.779. The number of hydrogen-bond acceptors (Lipinski definition) is 3. The van der Waals surface area contributed by atoms with Crippen LogP contribution >= 0.6 is 0 Å². The van der Waals surface area contributed by atoms with Crippen LogP contribution < -0.4 is 5.32 Å². The van der Waals surface area contributed by atoms with Crippen molar-refractivity contribution < 1.29 is 9.59 Å². The van der Waals surface area contributed by atoms with Gasteiger partial charge < -0.3 is 10.2 Å². The van der Waals surface area contributed by atoms with E-state index < -0.39 is 0 Å². The van der Waals surface area contributed by atoms with Gasteiger partial charge in [-0.3, -0.25) is 14.2 Å². The van der Waals surface area contributed by atoms with Crippen molar-refractivity contribution in [3.05, 3.63) is 60.4 Å². The van der Waals surface area contributed by atoms with Crippen LogP contribution in [-0.2, 0) is 4.79 Å². The number of fused-ring (bicyclic) bond motifs is 1. The van der Waals surface area contributed by atoms with Crippen molar-refractivity contribution in [2.24, 2.45) is 0 Å². The number of aromatic nitrogens is 2. The van der Waals surface area contributed by atoms with E-state index in [0.717, 1.165) is 29.6 Å². The molecule has 138 valence electrons. The maximum Gasteiger partial charge on any atom is 0.251 e. The van der Waals surface area contributed by atoms with Crippen molar-refractivity contribution in [1.29, 1.82) is 0 Å². The van der Waals surface area contributed by atoms with E-state index in [9.17, 15) is 9.59 Å². The highest BCUT2D eigenvalue weighted by Gasteiger charge is 2.22. The van der Waals surface area contributed by atoms with Crippen LogP contribution in [0.4, 0.5) is 0 Å². The number of likely N-dealkylation sites (tertiary alicyclic amines) is 1. The number of carbonyl (C=O) groups is 2. The molecule has 1 aliphatic heterocycles. The van der Waals surface area contributed by atoms with Gasteiger partial charge in [-0.25, -0.2) is 4.98 Å².